The van der Waals surface area contributed by atoms with E-state index in [1.54, 1.807) is 19.1 Å². The zero-order chi connectivity index (χ0) is 17.0. The van der Waals surface area contributed by atoms with Gasteiger partial charge in [-0.1, -0.05) is 12.1 Å². The Morgan fingerprint density at radius 3 is 2.65 bits per heavy atom. The van der Waals surface area contributed by atoms with Gasteiger partial charge in [-0.05, 0) is 31.0 Å². The minimum atomic E-state index is -4.66. The van der Waals surface area contributed by atoms with Gasteiger partial charge in [0.25, 0.3) is 0 Å². The van der Waals surface area contributed by atoms with Crippen molar-refractivity contribution in [1.82, 2.24) is 14.8 Å². The molecule has 10 heteroatoms. The highest BCUT2D eigenvalue weighted by Crippen LogP contribution is 2.26. The van der Waals surface area contributed by atoms with Crippen LogP contribution in [0.3, 0.4) is 0 Å². The summed E-state index contributed by atoms with van der Waals surface area (Å²) in [5, 5.41) is 0. The SMILES string of the molecule is Cc1ccc(C)c(OS(=O)NNc2ccnc(C(F)(F)F)n2)c1. The first-order valence-corrected chi connectivity index (χ1v) is 7.42. The van der Waals surface area contributed by atoms with Gasteiger partial charge in [-0.25, -0.2) is 9.97 Å². The normalized spacial score (nSPS) is 12.7. The van der Waals surface area contributed by atoms with Crippen LogP contribution < -0.4 is 14.4 Å². The molecule has 6 nitrogen and oxygen atoms in total. The Balaban J connectivity index is 1.98. The summed E-state index contributed by atoms with van der Waals surface area (Å²) < 4.78 is 54.4. The predicted molar refractivity (Wildman–Crippen MR) is 78.5 cm³/mol. The number of anilines is 1. The van der Waals surface area contributed by atoms with Crippen LogP contribution in [-0.2, 0) is 17.4 Å². The summed E-state index contributed by atoms with van der Waals surface area (Å²) in [5.41, 5.74) is 3.97. The lowest BCUT2D eigenvalue weighted by atomic mass is 10.1. The maximum absolute atomic E-state index is 12.5. The fraction of sp³-hybridized carbons (Fsp3) is 0.231. The van der Waals surface area contributed by atoms with Crippen LogP contribution in [0.15, 0.2) is 30.5 Å². The number of nitrogens with one attached hydrogen (secondary N) is 2. The molecule has 0 radical (unpaired) electrons. The molecule has 2 aromatic rings. The number of aromatic nitrogens is 2. The molecular weight excluding hydrogens is 333 g/mol. The van der Waals surface area contributed by atoms with E-state index in [1.807, 2.05) is 13.0 Å². The van der Waals surface area contributed by atoms with Crippen molar-refractivity contribution in [2.24, 2.45) is 0 Å². The van der Waals surface area contributed by atoms with Crippen LogP contribution in [0.5, 0.6) is 5.75 Å². The largest absolute Gasteiger partial charge is 0.451 e. The molecule has 0 aliphatic carbocycles. The Bertz CT molecular complexity index is 725. The topological polar surface area (TPSA) is 76.1 Å². The Morgan fingerprint density at radius 1 is 1.22 bits per heavy atom. The molecule has 2 rings (SSSR count). The average molecular weight is 346 g/mol. The van der Waals surface area contributed by atoms with Crippen molar-refractivity contribution in [3.63, 3.8) is 0 Å². The van der Waals surface area contributed by atoms with E-state index in [-0.39, 0.29) is 5.82 Å². The number of hydrogen-bond donors (Lipinski definition) is 2. The van der Waals surface area contributed by atoms with Gasteiger partial charge in [0.1, 0.15) is 11.6 Å². The van der Waals surface area contributed by atoms with Gasteiger partial charge >= 0.3 is 17.4 Å². The van der Waals surface area contributed by atoms with Gasteiger partial charge < -0.3 is 4.18 Å². The van der Waals surface area contributed by atoms with Gasteiger partial charge in [0, 0.05) is 12.3 Å². The highest BCUT2D eigenvalue weighted by molar-refractivity contribution is 7.78. The predicted octanol–water partition coefficient (Wildman–Crippen LogP) is 2.69. The zero-order valence-electron chi connectivity index (χ0n) is 12.1. The van der Waals surface area contributed by atoms with Crippen molar-refractivity contribution < 1.29 is 21.6 Å². The lowest BCUT2D eigenvalue weighted by Gasteiger charge is -2.11. The molecule has 0 spiro atoms. The number of alkyl halides is 3. The standard InChI is InChI=1S/C13H13F3N4O2S/c1-8-3-4-9(2)10(7-8)22-23(21)20-19-11-5-6-17-12(18-11)13(14,15)16/h3-7,20H,1-2H3,(H,17,18,19). The van der Waals surface area contributed by atoms with Crippen molar-refractivity contribution in [1.29, 1.82) is 0 Å². The molecule has 0 bridgehead atoms. The first-order valence-electron chi connectivity index (χ1n) is 6.35. The lowest BCUT2D eigenvalue weighted by molar-refractivity contribution is -0.144. The summed E-state index contributed by atoms with van der Waals surface area (Å²) in [6.07, 6.45) is -3.72. The molecule has 0 amide bonds. The van der Waals surface area contributed by atoms with E-state index in [1.165, 1.54) is 6.07 Å². The molecule has 1 atom stereocenters. The van der Waals surface area contributed by atoms with Crippen molar-refractivity contribution in [3.8, 4) is 5.75 Å². The maximum atomic E-state index is 12.5. The Morgan fingerprint density at radius 2 is 1.96 bits per heavy atom. The van der Waals surface area contributed by atoms with E-state index >= 15 is 0 Å². The fourth-order valence-corrected chi connectivity index (χ4v) is 2.13. The van der Waals surface area contributed by atoms with Gasteiger partial charge in [0.15, 0.2) is 0 Å². The van der Waals surface area contributed by atoms with Crippen LogP contribution in [0.25, 0.3) is 0 Å². The van der Waals surface area contributed by atoms with E-state index < -0.39 is 23.3 Å². The Labute approximate surface area is 132 Å². The highest BCUT2D eigenvalue weighted by Gasteiger charge is 2.34. The summed E-state index contributed by atoms with van der Waals surface area (Å²) in [6, 6.07) is 6.56. The van der Waals surface area contributed by atoms with E-state index in [2.05, 4.69) is 20.2 Å². The minimum Gasteiger partial charge on any atom is -0.388 e. The molecule has 2 N–H and O–H groups in total. The number of rotatable bonds is 5. The zero-order valence-corrected chi connectivity index (χ0v) is 13.0. The quantitative estimate of drug-likeness (QED) is 0.814. The fourth-order valence-electron chi connectivity index (χ4n) is 1.56. The number of halogens is 3. The van der Waals surface area contributed by atoms with Crippen LogP contribution >= 0.6 is 0 Å². The number of nitrogens with zero attached hydrogens (tertiary/aromatic N) is 2. The summed E-state index contributed by atoms with van der Waals surface area (Å²) >= 11 is -2.02. The van der Waals surface area contributed by atoms with Crippen LogP contribution in [-0.4, -0.2) is 14.2 Å². The van der Waals surface area contributed by atoms with Gasteiger partial charge in [-0.2, -0.15) is 17.4 Å². The first-order chi connectivity index (χ1) is 10.8. The number of aryl methyl sites for hydroxylation is 2. The van der Waals surface area contributed by atoms with Crippen LogP contribution in [0.2, 0.25) is 0 Å². The average Bonchev–Trinajstić information content (AvgIpc) is 2.48. The molecule has 124 valence electrons. The molecule has 0 saturated heterocycles. The van der Waals surface area contributed by atoms with Gasteiger partial charge in [-0.3, -0.25) is 5.43 Å². The molecule has 0 aliphatic rings. The number of hydrogen-bond acceptors (Lipinski definition) is 5. The van der Waals surface area contributed by atoms with Crippen LogP contribution in [0, 0.1) is 13.8 Å². The molecule has 1 heterocycles. The third kappa shape index (κ3) is 4.89. The van der Waals surface area contributed by atoms with Crippen LogP contribution in [0.4, 0.5) is 19.0 Å². The van der Waals surface area contributed by atoms with Gasteiger partial charge in [0.05, 0.1) is 0 Å². The minimum absolute atomic E-state index is 0.190. The van der Waals surface area contributed by atoms with E-state index in [9.17, 15) is 17.4 Å². The summed E-state index contributed by atoms with van der Waals surface area (Å²) in [4.78, 5) is 8.59. The molecule has 23 heavy (non-hydrogen) atoms. The molecule has 0 aliphatic heterocycles. The molecule has 0 saturated carbocycles. The monoisotopic (exact) mass is 346 g/mol. The summed E-state index contributed by atoms with van der Waals surface area (Å²) in [6.45, 7) is 3.62. The third-order valence-electron chi connectivity index (χ3n) is 2.68. The highest BCUT2D eigenvalue weighted by atomic mass is 32.2. The van der Waals surface area contributed by atoms with E-state index in [4.69, 9.17) is 4.18 Å². The van der Waals surface area contributed by atoms with Crippen molar-refractivity contribution in [2.45, 2.75) is 20.0 Å². The molecule has 1 aromatic heterocycles. The van der Waals surface area contributed by atoms with Crippen LogP contribution in [0.1, 0.15) is 17.0 Å². The second kappa shape index (κ2) is 6.92. The number of benzene rings is 1. The van der Waals surface area contributed by atoms with E-state index in [0.29, 0.717) is 5.75 Å². The second-order valence-electron chi connectivity index (χ2n) is 4.58. The van der Waals surface area contributed by atoms with Crippen molar-refractivity contribution >= 4 is 17.1 Å². The summed E-state index contributed by atoms with van der Waals surface area (Å²) in [5.74, 6) is -1.09. The van der Waals surface area contributed by atoms with Gasteiger partial charge in [-0.15, -0.1) is 4.83 Å². The first kappa shape index (κ1) is 17.2. The third-order valence-corrected chi connectivity index (χ3v) is 3.28. The molecule has 0 fully saturated rings. The second-order valence-corrected chi connectivity index (χ2v) is 5.42. The van der Waals surface area contributed by atoms with Crippen molar-refractivity contribution in [2.75, 3.05) is 5.43 Å². The maximum Gasteiger partial charge on any atom is 0.451 e. The van der Waals surface area contributed by atoms with Gasteiger partial charge in [0.2, 0.25) is 5.82 Å². The molecular formula is C13H13F3N4O2S. The molecule has 1 aromatic carbocycles. The molecule has 1 unspecified atom stereocenters. The smallest absolute Gasteiger partial charge is 0.388 e. The summed E-state index contributed by atoms with van der Waals surface area (Å²) in [7, 11) is 0. The van der Waals surface area contributed by atoms with E-state index in [0.717, 1.165) is 17.3 Å². The van der Waals surface area contributed by atoms with Crippen molar-refractivity contribution in [3.05, 3.63) is 47.4 Å². The Kier molecular flexibility index (Phi) is 5.16. The Hall–Kier alpha value is -2.20. The number of hydrazine groups is 1. The lowest BCUT2D eigenvalue weighted by Crippen LogP contribution is -2.28.